The molecule has 2 aromatic rings. The molecule has 0 spiro atoms. The van der Waals surface area contributed by atoms with Gasteiger partial charge in [-0.25, -0.2) is 0 Å². The first kappa shape index (κ1) is 15.9. The fourth-order valence-electron chi connectivity index (χ4n) is 2.96. The summed E-state index contributed by atoms with van der Waals surface area (Å²) < 4.78 is 39.3. The van der Waals surface area contributed by atoms with Crippen LogP contribution in [0.4, 0.5) is 18.9 Å². The molecular formula is C15H12ClF3N2O2. The number of benzene rings is 1. The van der Waals surface area contributed by atoms with E-state index in [1.807, 2.05) is 0 Å². The van der Waals surface area contributed by atoms with Crippen LogP contribution in [0.25, 0.3) is 10.9 Å². The molecule has 0 aliphatic carbocycles. The Balaban J connectivity index is 2.03. The lowest BCUT2D eigenvalue weighted by Gasteiger charge is -2.21. The van der Waals surface area contributed by atoms with Gasteiger partial charge in [-0.3, -0.25) is 9.78 Å². The molecule has 0 amide bonds. The molecule has 122 valence electrons. The Kier molecular flexibility index (Phi) is 3.83. The Morgan fingerprint density at radius 2 is 2.04 bits per heavy atom. The van der Waals surface area contributed by atoms with E-state index in [9.17, 15) is 18.0 Å². The van der Waals surface area contributed by atoms with E-state index in [-0.39, 0.29) is 6.54 Å². The lowest BCUT2D eigenvalue weighted by Crippen LogP contribution is -2.33. The zero-order valence-corrected chi connectivity index (χ0v) is 12.5. The molecule has 8 heteroatoms. The van der Waals surface area contributed by atoms with Gasteiger partial charge in [-0.15, -0.1) is 0 Å². The van der Waals surface area contributed by atoms with E-state index in [1.54, 1.807) is 24.3 Å². The number of carbonyl (C=O) groups is 1. The van der Waals surface area contributed by atoms with E-state index in [0.29, 0.717) is 21.6 Å². The predicted molar refractivity (Wildman–Crippen MR) is 79.6 cm³/mol. The third kappa shape index (κ3) is 2.93. The highest BCUT2D eigenvalue weighted by atomic mass is 35.5. The van der Waals surface area contributed by atoms with E-state index in [1.165, 1.54) is 11.1 Å². The summed E-state index contributed by atoms with van der Waals surface area (Å²) in [6, 6.07) is 6.52. The Morgan fingerprint density at radius 1 is 1.30 bits per heavy atom. The Hall–Kier alpha value is -2.02. The minimum absolute atomic E-state index is 0.203. The third-order valence-electron chi connectivity index (χ3n) is 4.08. The van der Waals surface area contributed by atoms with Crippen molar-refractivity contribution in [3.8, 4) is 0 Å². The molecule has 0 radical (unpaired) electrons. The van der Waals surface area contributed by atoms with Crippen LogP contribution in [0.1, 0.15) is 0 Å². The van der Waals surface area contributed by atoms with E-state index in [0.717, 1.165) is 0 Å². The second kappa shape index (κ2) is 5.56. The number of halogens is 4. The molecule has 2 heterocycles. The first-order valence-corrected chi connectivity index (χ1v) is 7.24. The van der Waals surface area contributed by atoms with E-state index in [4.69, 9.17) is 16.7 Å². The van der Waals surface area contributed by atoms with Gasteiger partial charge in [0.2, 0.25) is 0 Å². The highest BCUT2D eigenvalue weighted by molar-refractivity contribution is 6.31. The van der Waals surface area contributed by atoms with Crippen molar-refractivity contribution in [2.75, 3.05) is 18.0 Å². The van der Waals surface area contributed by atoms with Crippen LogP contribution >= 0.6 is 11.6 Å². The SMILES string of the molecule is O=C(O)[C@@H]1CN(c2ccnc3ccc(Cl)cc23)C[C@H]1C(F)(F)F. The molecule has 1 aromatic heterocycles. The summed E-state index contributed by atoms with van der Waals surface area (Å²) in [5.74, 6) is -4.83. The largest absolute Gasteiger partial charge is 0.481 e. The normalized spacial score (nSPS) is 21.8. The minimum Gasteiger partial charge on any atom is -0.481 e. The fraction of sp³-hybridized carbons (Fsp3) is 0.333. The van der Waals surface area contributed by atoms with Gasteiger partial charge in [-0.2, -0.15) is 13.2 Å². The van der Waals surface area contributed by atoms with Crippen molar-refractivity contribution in [2.24, 2.45) is 11.8 Å². The lowest BCUT2D eigenvalue weighted by molar-refractivity contribution is -0.187. The van der Waals surface area contributed by atoms with Crippen molar-refractivity contribution in [3.63, 3.8) is 0 Å². The zero-order valence-electron chi connectivity index (χ0n) is 11.7. The van der Waals surface area contributed by atoms with Gasteiger partial charge in [0.25, 0.3) is 0 Å². The van der Waals surface area contributed by atoms with Crippen molar-refractivity contribution in [3.05, 3.63) is 35.5 Å². The minimum atomic E-state index is -4.56. The van der Waals surface area contributed by atoms with E-state index >= 15 is 0 Å². The quantitative estimate of drug-likeness (QED) is 0.904. The molecule has 1 aliphatic heterocycles. The lowest BCUT2D eigenvalue weighted by atomic mass is 9.96. The summed E-state index contributed by atoms with van der Waals surface area (Å²) in [5.41, 5.74) is 1.10. The number of carboxylic acid groups (broad SMARTS) is 1. The zero-order chi connectivity index (χ0) is 16.8. The summed E-state index contributed by atoms with van der Waals surface area (Å²) in [7, 11) is 0. The molecule has 1 aliphatic rings. The van der Waals surface area contributed by atoms with Crippen molar-refractivity contribution in [1.29, 1.82) is 0 Å². The summed E-state index contributed by atoms with van der Waals surface area (Å²) >= 11 is 5.96. The number of hydrogen-bond donors (Lipinski definition) is 1. The highest BCUT2D eigenvalue weighted by Crippen LogP contribution is 2.41. The topological polar surface area (TPSA) is 53.4 Å². The monoisotopic (exact) mass is 344 g/mol. The van der Waals surface area contributed by atoms with Gasteiger partial charge < -0.3 is 10.0 Å². The molecule has 1 aromatic carbocycles. The van der Waals surface area contributed by atoms with Crippen LogP contribution in [-0.2, 0) is 4.79 Å². The maximum Gasteiger partial charge on any atom is 0.394 e. The van der Waals surface area contributed by atoms with E-state index in [2.05, 4.69) is 4.98 Å². The molecule has 0 saturated carbocycles. The molecule has 4 nitrogen and oxygen atoms in total. The van der Waals surface area contributed by atoms with Gasteiger partial charge >= 0.3 is 12.1 Å². The van der Waals surface area contributed by atoms with Crippen molar-refractivity contribution in [1.82, 2.24) is 4.98 Å². The van der Waals surface area contributed by atoms with Crippen LogP contribution in [-0.4, -0.2) is 35.3 Å². The second-order valence-corrected chi connectivity index (χ2v) is 5.93. The van der Waals surface area contributed by atoms with Crippen LogP contribution in [0.2, 0.25) is 5.02 Å². The Morgan fingerprint density at radius 3 is 2.65 bits per heavy atom. The number of pyridine rings is 1. The number of aliphatic carboxylic acids is 1. The molecule has 3 rings (SSSR count). The molecular weight excluding hydrogens is 333 g/mol. The first-order valence-electron chi connectivity index (χ1n) is 6.86. The number of hydrogen-bond acceptors (Lipinski definition) is 3. The predicted octanol–water partition coefficient (Wildman–Crippen LogP) is 3.59. The van der Waals surface area contributed by atoms with Crippen molar-refractivity contribution >= 4 is 34.2 Å². The first-order chi connectivity index (χ1) is 10.8. The molecule has 1 saturated heterocycles. The molecule has 23 heavy (non-hydrogen) atoms. The van der Waals surface area contributed by atoms with Crippen LogP contribution < -0.4 is 4.90 Å². The van der Waals surface area contributed by atoms with Gasteiger partial charge in [0.1, 0.15) is 0 Å². The summed E-state index contributed by atoms with van der Waals surface area (Å²) in [6.07, 6.45) is -3.07. The number of aromatic nitrogens is 1. The second-order valence-electron chi connectivity index (χ2n) is 5.49. The third-order valence-corrected chi connectivity index (χ3v) is 4.31. The number of carboxylic acids is 1. The van der Waals surface area contributed by atoms with Gasteiger partial charge in [0, 0.05) is 35.4 Å². The van der Waals surface area contributed by atoms with Gasteiger partial charge in [-0.1, -0.05) is 11.6 Å². The van der Waals surface area contributed by atoms with Crippen LogP contribution in [0.3, 0.4) is 0 Å². The Bertz CT molecular complexity index is 766. The molecule has 0 unspecified atom stereocenters. The molecule has 0 bridgehead atoms. The standard InChI is InChI=1S/C15H12ClF3N2O2/c16-8-1-2-12-9(5-8)13(3-4-20-12)21-6-10(14(22)23)11(7-21)15(17,18)19/h1-5,10-11H,6-7H2,(H,22,23)/t10-,11-/m1/s1. The Labute approximate surface area is 134 Å². The van der Waals surface area contributed by atoms with Crippen molar-refractivity contribution < 1.29 is 23.1 Å². The van der Waals surface area contributed by atoms with Crippen LogP contribution in [0, 0.1) is 11.8 Å². The molecule has 1 fully saturated rings. The number of alkyl halides is 3. The summed E-state index contributed by atoms with van der Waals surface area (Å²) in [6.45, 7) is -0.600. The van der Waals surface area contributed by atoms with Gasteiger partial charge in [0.15, 0.2) is 0 Å². The average molecular weight is 345 g/mol. The summed E-state index contributed by atoms with van der Waals surface area (Å²) in [4.78, 5) is 16.8. The smallest absolute Gasteiger partial charge is 0.394 e. The number of rotatable bonds is 2. The maximum absolute atomic E-state index is 13.1. The van der Waals surface area contributed by atoms with E-state index < -0.39 is 30.5 Å². The van der Waals surface area contributed by atoms with Crippen molar-refractivity contribution in [2.45, 2.75) is 6.18 Å². The number of anilines is 1. The van der Waals surface area contributed by atoms with Gasteiger partial charge in [0.05, 0.1) is 17.4 Å². The van der Waals surface area contributed by atoms with Crippen LogP contribution in [0.15, 0.2) is 30.5 Å². The number of nitrogens with zero attached hydrogens (tertiary/aromatic N) is 2. The van der Waals surface area contributed by atoms with Gasteiger partial charge in [-0.05, 0) is 24.3 Å². The maximum atomic E-state index is 13.1. The number of fused-ring (bicyclic) bond motifs is 1. The molecule has 1 N–H and O–H groups in total. The fourth-order valence-corrected chi connectivity index (χ4v) is 3.13. The molecule has 2 atom stereocenters. The summed E-state index contributed by atoms with van der Waals surface area (Å²) in [5, 5.41) is 10.2. The highest BCUT2D eigenvalue weighted by Gasteiger charge is 2.52. The average Bonchev–Trinajstić information content (AvgIpc) is 2.92. The van der Waals surface area contributed by atoms with Crippen LogP contribution in [0.5, 0.6) is 0 Å².